The second kappa shape index (κ2) is 7.84. The predicted octanol–water partition coefficient (Wildman–Crippen LogP) is 5.41. The van der Waals surface area contributed by atoms with E-state index in [1.54, 1.807) is 0 Å². The number of benzene rings is 3. The fraction of sp³-hybridized carbons (Fsp3) is 0.333. The van der Waals surface area contributed by atoms with Crippen molar-refractivity contribution in [3.05, 3.63) is 82.9 Å². The fourth-order valence-corrected chi connectivity index (χ4v) is 4.99. The topological polar surface area (TPSA) is 45.2 Å². The largest absolute Gasteiger partial charge is 0.456 e. The molecule has 0 amide bonds. The standard InChI is InChI=1S/C27H30N2O3/c1-5-28(4)18-12-14-22-24(16-18)31-25-17-19(29(6-2)7-3)13-15-23(25)27(22)21-11-9-8-10-20(21)26(30)32-27/h8-17,26,30H,5-7H2,1-4H3. The van der Waals surface area contributed by atoms with Gasteiger partial charge in [0.2, 0.25) is 0 Å². The van der Waals surface area contributed by atoms with E-state index in [1.165, 1.54) is 0 Å². The van der Waals surface area contributed by atoms with Gasteiger partial charge in [0.25, 0.3) is 0 Å². The van der Waals surface area contributed by atoms with Crippen LogP contribution in [0.2, 0.25) is 0 Å². The minimum Gasteiger partial charge on any atom is -0.456 e. The van der Waals surface area contributed by atoms with Gasteiger partial charge in [0, 0.05) is 72.4 Å². The molecule has 0 aliphatic carbocycles. The SMILES string of the molecule is CCN(C)c1ccc2c(c1)Oc1cc(N(CC)CC)ccc1C21OC(O)c2ccccc21. The Hall–Kier alpha value is -3.02. The molecule has 3 aromatic rings. The van der Waals surface area contributed by atoms with Crippen molar-refractivity contribution in [3.63, 3.8) is 0 Å². The first kappa shape index (κ1) is 20.9. The minimum atomic E-state index is -0.995. The molecule has 166 valence electrons. The molecule has 5 heteroatoms. The Balaban J connectivity index is 1.76. The van der Waals surface area contributed by atoms with E-state index in [2.05, 4.69) is 80.1 Å². The zero-order valence-corrected chi connectivity index (χ0v) is 19.1. The van der Waals surface area contributed by atoms with Crippen LogP contribution in [0.3, 0.4) is 0 Å². The highest BCUT2D eigenvalue weighted by atomic mass is 16.6. The van der Waals surface area contributed by atoms with Crippen LogP contribution in [0.1, 0.15) is 49.3 Å². The molecule has 0 saturated heterocycles. The molecule has 5 nitrogen and oxygen atoms in total. The Bertz CT molecular complexity index is 1160. The van der Waals surface area contributed by atoms with Crippen molar-refractivity contribution in [2.24, 2.45) is 0 Å². The third-order valence-corrected chi connectivity index (χ3v) is 6.85. The summed E-state index contributed by atoms with van der Waals surface area (Å²) in [5, 5.41) is 10.9. The maximum Gasteiger partial charge on any atom is 0.183 e. The summed E-state index contributed by atoms with van der Waals surface area (Å²) < 4.78 is 13.0. The average Bonchev–Trinajstić information content (AvgIpc) is 3.12. The van der Waals surface area contributed by atoms with Crippen LogP contribution in [-0.2, 0) is 10.3 Å². The molecule has 0 fully saturated rings. The van der Waals surface area contributed by atoms with Crippen molar-refractivity contribution in [1.29, 1.82) is 0 Å². The van der Waals surface area contributed by atoms with Crippen molar-refractivity contribution in [3.8, 4) is 11.5 Å². The number of aliphatic hydroxyl groups excluding tert-OH is 1. The highest BCUT2D eigenvalue weighted by molar-refractivity contribution is 5.69. The van der Waals surface area contributed by atoms with Crippen LogP contribution >= 0.6 is 0 Å². The number of aliphatic hydroxyl groups is 1. The first-order valence-electron chi connectivity index (χ1n) is 11.4. The summed E-state index contributed by atoms with van der Waals surface area (Å²) in [7, 11) is 2.07. The monoisotopic (exact) mass is 430 g/mol. The quantitative estimate of drug-likeness (QED) is 0.587. The molecule has 0 radical (unpaired) electrons. The van der Waals surface area contributed by atoms with Crippen LogP contribution in [0.25, 0.3) is 0 Å². The van der Waals surface area contributed by atoms with Crippen molar-refractivity contribution in [1.82, 2.24) is 0 Å². The number of fused-ring (bicyclic) bond motifs is 6. The van der Waals surface area contributed by atoms with Gasteiger partial charge in [-0.05, 0) is 45.0 Å². The van der Waals surface area contributed by atoms with E-state index < -0.39 is 11.9 Å². The van der Waals surface area contributed by atoms with Gasteiger partial charge in [0.1, 0.15) is 11.5 Å². The lowest BCUT2D eigenvalue weighted by Gasteiger charge is -2.38. The lowest BCUT2D eigenvalue weighted by molar-refractivity contribution is -0.142. The smallest absolute Gasteiger partial charge is 0.183 e. The molecule has 5 rings (SSSR count). The molecular formula is C27H30N2O3. The Labute approximate surface area is 189 Å². The van der Waals surface area contributed by atoms with Gasteiger partial charge in [-0.3, -0.25) is 0 Å². The van der Waals surface area contributed by atoms with E-state index in [-0.39, 0.29) is 0 Å². The Morgan fingerprint density at radius 1 is 0.812 bits per heavy atom. The van der Waals surface area contributed by atoms with E-state index in [0.29, 0.717) is 0 Å². The third kappa shape index (κ3) is 2.92. The van der Waals surface area contributed by atoms with E-state index in [4.69, 9.17) is 9.47 Å². The molecule has 2 atom stereocenters. The van der Waals surface area contributed by atoms with Gasteiger partial charge in [-0.15, -0.1) is 0 Å². The Kier molecular flexibility index (Phi) is 5.11. The molecule has 0 bridgehead atoms. The summed E-state index contributed by atoms with van der Waals surface area (Å²) in [6.45, 7) is 9.16. The van der Waals surface area contributed by atoms with Gasteiger partial charge in [0.15, 0.2) is 11.9 Å². The molecule has 1 N–H and O–H groups in total. The second-order valence-electron chi connectivity index (χ2n) is 8.39. The lowest BCUT2D eigenvalue weighted by Crippen LogP contribution is -2.33. The zero-order chi connectivity index (χ0) is 22.5. The van der Waals surface area contributed by atoms with Gasteiger partial charge in [0.05, 0.1) is 0 Å². The molecule has 0 aromatic heterocycles. The van der Waals surface area contributed by atoms with Gasteiger partial charge in [-0.2, -0.15) is 0 Å². The van der Waals surface area contributed by atoms with E-state index >= 15 is 0 Å². The van der Waals surface area contributed by atoms with Gasteiger partial charge < -0.3 is 24.4 Å². The average molecular weight is 431 g/mol. The molecule has 2 aliphatic rings. The van der Waals surface area contributed by atoms with Crippen LogP contribution in [0.5, 0.6) is 11.5 Å². The predicted molar refractivity (Wildman–Crippen MR) is 128 cm³/mol. The van der Waals surface area contributed by atoms with Crippen LogP contribution in [0.4, 0.5) is 11.4 Å². The highest BCUT2D eigenvalue weighted by Gasteiger charge is 2.52. The number of anilines is 2. The molecule has 0 saturated carbocycles. The summed E-state index contributed by atoms with van der Waals surface area (Å²) >= 11 is 0. The summed E-state index contributed by atoms with van der Waals surface area (Å²) in [4.78, 5) is 4.47. The minimum absolute atomic E-state index is 0.760. The van der Waals surface area contributed by atoms with Crippen molar-refractivity contribution < 1.29 is 14.6 Å². The Morgan fingerprint density at radius 3 is 2.09 bits per heavy atom. The molecule has 2 heterocycles. The van der Waals surface area contributed by atoms with Crippen LogP contribution in [0, 0.1) is 0 Å². The molecule has 3 aromatic carbocycles. The maximum atomic E-state index is 10.9. The number of ether oxygens (including phenoxy) is 2. The normalized spacial score (nSPS) is 20.3. The number of rotatable bonds is 5. The molecular weight excluding hydrogens is 400 g/mol. The third-order valence-electron chi connectivity index (χ3n) is 6.85. The zero-order valence-electron chi connectivity index (χ0n) is 19.1. The van der Waals surface area contributed by atoms with Gasteiger partial charge in [-0.1, -0.05) is 24.3 Å². The summed E-state index contributed by atoms with van der Waals surface area (Å²) in [5.41, 5.74) is 4.88. The number of hydrogen-bond acceptors (Lipinski definition) is 5. The van der Waals surface area contributed by atoms with Crippen LogP contribution in [0.15, 0.2) is 60.7 Å². The first-order chi connectivity index (χ1) is 15.5. The number of hydrogen-bond donors (Lipinski definition) is 1. The second-order valence-corrected chi connectivity index (χ2v) is 8.39. The first-order valence-corrected chi connectivity index (χ1v) is 11.4. The summed E-state index contributed by atoms with van der Waals surface area (Å²) in [6.07, 6.45) is -0.995. The lowest BCUT2D eigenvalue weighted by atomic mass is 9.77. The summed E-state index contributed by atoms with van der Waals surface area (Å²) in [6, 6.07) is 20.5. The van der Waals surface area contributed by atoms with Crippen molar-refractivity contribution in [2.45, 2.75) is 32.7 Å². The van der Waals surface area contributed by atoms with Crippen molar-refractivity contribution >= 4 is 11.4 Å². The maximum absolute atomic E-state index is 10.9. The summed E-state index contributed by atoms with van der Waals surface area (Å²) in [5.74, 6) is 1.53. The van der Waals surface area contributed by atoms with Crippen LogP contribution < -0.4 is 14.5 Å². The van der Waals surface area contributed by atoms with E-state index in [9.17, 15) is 5.11 Å². The van der Waals surface area contributed by atoms with Crippen LogP contribution in [-0.4, -0.2) is 31.8 Å². The van der Waals surface area contributed by atoms with E-state index in [1.807, 2.05) is 18.2 Å². The number of nitrogens with zero attached hydrogens (tertiary/aromatic N) is 2. The Morgan fingerprint density at radius 2 is 1.44 bits per heavy atom. The van der Waals surface area contributed by atoms with Crippen molar-refractivity contribution in [2.75, 3.05) is 36.5 Å². The van der Waals surface area contributed by atoms with Gasteiger partial charge >= 0.3 is 0 Å². The van der Waals surface area contributed by atoms with Gasteiger partial charge in [-0.25, -0.2) is 0 Å². The molecule has 2 unspecified atom stereocenters. The molecule has 1 spiro atoms. The highest BCUT2D eigenvalue weighted by Crippen LogP contribution is 2.59. The molecule has 2 aliphatic heterocycles. The fourth-order valence-electron chi connectivity index (χ4n) is 4.99. The molecule has 32 heavy (non-hydrogen) atoms. The van der Waals surface area contributed by atoms with E-state index in [0.717, 1.165) is 64.8 Å².